The molecule has 0 fully saturated rings. The first kappa shape index (κ1) is 13.9. The number of fused-ring (bicyclic) bond motifs is 3. The quantitative estimate of drug-likeness (QED) is 0.658. The first-order valence-corrected chi connectivity index (χ1v) is 7.64. The van der Waals surface area contributed by atoms with Gasteiger partial charge in [-0.15, -0.1) is 12.6 Å². The molecule has 106 valence electrons. The molecular formula is C15H19N3S2. The summed E-state index contributed by atoms with van der Waals surface area (Å²) in [6.07, 6.45) is 1.01. The molecule has 1 aromatic carbocycles. The Labute approximate surface area is 130 Å². The number of nitrogens with one attached hydrogen (secondary N) is 1. The van der Waals surface area contributed by atoms with Gasteiger partial charge in [-0.25, -0.2) is 0 Å². The topological polar surface area (TPSA) is 22.3 Å². The summed E-state index contributed by atoms with van der Waals surface area (Å²) >= 11 is 9.72. The van der Waals surface area contributed by atoms with E-state index in [-0.39, 0.29) is 0 Å². The molecule has 1 aliphatic rings. The van der Waals surface area contributed by atoms with Crippen molar-refractivity contribution in [1.29, 1.82) is 0 Å². The van der Waals surface area contributed by atoms with Crippen LogP contribution >= 0.6 is 24.8 Å². The molecule has 3 nitrogen and oxygen atoms in total. The SMILES string of the molecule is CN(C)CC1Cc2c([nH]c3ccccc23)CN1C(=S)S. The molecule has 20 heavy (non-hydrogen) atoms. The van der Waals surface area contributed by atoms with E-state index in [0.29, 0.717) is 10.4 Å². The van der Waals surface area contributed by atoms with Crippen LogP contribution in [-0.4, -0.2) is 45.8 Å². The van der Waals surface area contributed by atoms with Crippen molar-refractivity contribution in [3.63, 3.8) is 0 Å². The summed E-state index contributed by atoms with van der Waals surface area (Å²) in [5.41, 5.74) is 3.93. The minimum absolute atomic E-state index is 0.390. The van der Waals surface area contributed by atoms with Gasteiger partial charge in [0.2, 0.25) is 0 Å². The summed E-state index contributed by atoms with van der Waals surface area (Å²) < 4.78 is 0.682. The molecule has 0 saturated heterocycles. The molecule has 0 aliphatic carbocycles. The number of nitrogens with zero attached hydrogens (tertiary/aromatic N) is 2. The maximum atomic E-state index is 5.31. The van der Waals surface area contributed by atoms with Gasteiger partial charge in [0.05, 0.1) is 6.54 Å². The van der Waals surface area contributed by atoms with Crippen molar-refractivity contribution in [3.05, 3.63) is 35.5 Å². The van der Waals surface area contributed by atoms with E-state index in [9.17, 15) is 0 Å². The Morgan fingerprint density at radius 1 is 1.45 bits per heavy atom. The van der Waals surface area contributed by atoms with Crippen molar-refractivity contribution < 1.29 is 0 Å². The second-order valence-corrected chi connectivity index (χ2v) is 6.77. The van der Waals surface area contributed by atoms with Gasteiger partial charge in [-0.2, -0.15) is 0 Å². The molecule has 1 aromatic heterocycles. The maximum absolute atomic E-state index is 5.31. The number of likely N-dealkylation sites (N-methyl/N-ethyl adjacent to an activating group) is 1. The molecule has 1 atom stereocenters. The predicted molar refractivity (Wildman–Crippen MR) is 91.5 cm³/mol. The smallest absolute Gasteiger partial charge is 0.133 e. The van der Waals surface area contributed by atoms with E-state index in [1.54, 1.807) is 0 Å². The van der Waals surface area contributed by atoms with Gasteiger partial charge in [0.1, 0.15) is 4.32 Å². The average Bonchev–Trinajstić information content (AvgIpc) is 2.75. The third-order valence-electron chi connectivity index (χ3n) is 3.93. The first-order chi connectivity index (χ1) is 9.56. The molecule has 0 radical (unpaired) electrons. The number of aromatic nitrogens is 1. The summed E-state index contributed by atoms with van der Waals surface area (Å²) in [5, 5.41) is 1.34. The number of aromatic amines is 1. The van der Waals surface area contributed by atoms with Crippen LogP contribution in [0.1, 0.15) is 11.3 Å². The third kappa shape index (κ3) is 2.45. The lowest BCUT2D eigenvalue weighted by Crippen LogP contribution is -2.47. The predicted octanol–water partition coefficient (Wildman–Crippen LogP) is 2.67. The van der Waals surface area contributed by atoms with E-state index < -0.39 is 0 Å². The lowest BCUT2D eigenvalue weighted by atomic mass is 9.97. The molecule has 1 N–H and O–H groups in total. The van der Waals surface area contributed by atoms with Gasteiger partial charge in [0.15, 0.2) is 0 Å². The molecule has 0 saturated carbocycles. The van der Waals surface area contributed by atoms with Crippen LogP contribution in [0.4, 0.5) is 0 Å². The van der Waals surface area contributed by atoms with Gasteiger partial charge in [-0.3, -0.25) is 0 Å². The summed E-state index contributed by atoms with van der Waals surface area (Å²) in [7, 11) is 4.20. The molecule has 3 rings (SSSR count). The Hall–Kier alpha value is -1.04. The van der Waals surface area contributed by atoms with E-state index in [0.717, 1.165) is 19.5 Å². The zero-order chi connectivity index (χ0) is 14.3. The Morgan fingerprint density at radius 2 is 2.20 bits per heavy atom. The van der Waals surface area contributed by atoms with Crippen molar-refractivity contribution in [2.24, 2.45) is 0 Å². The molecule has 2 heterocycles. The fourth-order valence-electron chi connectivity index (χ4n) is 3.08. The molecule has 0 spiro atoms. The minimum atomic E-state index is 0.390. The molecular weight excluding hydrogens is 286 g/mol. The van der Waals surface area contributed by atoms with Crippen molar-refractivity contribution >= 4 is 40.1 Å². The summed E-state index contributed by atoms with van der Waals surface area (Å²) in [5.74, 6) is 0. The maximum Gasteiger partial charge on any atom is 0.133 e. The van der Waals surface area contributed by atoms with E-state index >= 15 is 0 Å². The highest BCUT2D eigenvalue weighted by Crippen LogP contribution is 2.30. The Morgan fingerprint density at radius 3 is 2.90 bits per heavy atom. The fraction of sp³-hybridized carbons (Fsp3) is 0.400. The number of hydrogen-bond acceptors (Lipinski definition) is 2. The van der Waals surface area contributed by atoms with Gasteiger partial charge in [0, 0.05) is 29.2 Å². The van der Waals surface area contributed by atoms with Gasteiger partial charge in [0.25, 0.3) is 0 Å². The zero-order valence-corrected chi connectivity index (χ0v) is 13.5. The fourth-order valence-corrected chi connectivity index (χ4v) is 3.53. The van der Waals surface area contributed by atoms with E-state index in [2.05, 4.69) is 65.8 Å². The monoisotopic (exact) mass is 305 g/mol. The highest BCUT2D eigenvalue weighted by atomic mass is 32.1. The number of thiocarbonyl (C=S) groups is 1. The van der Waals surface area contributed by atoms with Gasteiger partial charge < -0.3 is 14.8 Å². The van der Waals surface area contributed by atoms with Crippen LogP contribution < -0.4 is 0 Å². The standard InChI is InChI=1S/C15H19N3S2/c1-17(2)8-10-7-12-11-5-3-4-6-13(11)16-14(12)9-18(10)15(19)20/h3-6,10,16H,7-9H2,1-2H3,(H,19,20). The Kier molecular flexibility index (Phi) is 3.75. The summed E-state index contributed by atoms with van der Waals surface area (Å²) in [6.45, 7) is 1.81. The molecule has 0 bridgehead atoms. The second kappa shape index (κ2) is 5.39. The highest BCUT2D eigenvalue weighted by molar-refractivity contribution is 8.10. The van der Waals surface area contributed by atoms with Gasteiger partial charge >= 0.3 is 0 Å². The van der Waals surface area contributed by atoms with Crippen molar-refractivity contribution in [3.8, 4) is 0 Å². The minimum Gasteiger partial charge on any atom is -0.357 e. The van der Waals surface area contributed by atoms with Crippen LogP contribution in [0, 0.1) is 0 Å². The Bertz CT molecular complexity index is 648. The van der Waals surface area contributed by atoms with E-state index in [1.165, 1.54) is 22.2 Å². The second-order valence-electron chi connectivity index (χ2n) is 5.66. The van der Waals surface area contributed by atoms with Crippen LogP contribution in [0.15, 0.2) is 24.3 Å². The highest BCUT2D eigenvalue weighted by Gasteiger charge is 2.29. The van der Waals surface area contributed by atoms with Gasteiger partial charge in [-0.05, 0) is 32.1 Å². The number of para-hydroxylation sites is 1. The average molecular weight is 305 g/mol. The molecule has 5 heteroatoms. The number of benzene rings is 1. The van der Waals surface area contributed by atoms with Crippen molar-refractivity contribution in [1.82, 2.24) is 14.8 Å². The lowest BCUT2D eigenvalue weighted by Gasteiger charge is -2.37. The van der Waals surface area contributed by atoms with Crippen LogP contribution in [0.2, 0.25) is 0 Å². The van der Waals surface area contributed by atoms with Crippen molar-refractivity contribution in [2.45, 2.75) is 19.0 Å². The first-order valence-electron chi connectivity index (χ1n) is 6.79. The van der Waals surface area contributed by atoms with E-state index in [1.807, 2.05) is 0 Å². The normalized spacial score (nSPS) is 18.6. The Balaban J connectivity index is 2.02. The molecule has 0 amide bonds. The summed E-state index contributed by atoms with van der Waals surface area (Å²) in [4.78, 5) is 7.96. The third-order valence-corrected chi connectivity index (χ3v) is 4.42. The largest absolute Gasteiger partial charge is 0.357 e. The lowest BCUT2D eigenvalue weighted by molar-refractivity contribution is 0.227. The van der Waals surface area contributed by atoms with Crippen LogP contribution in [-0.2, 0) is 13.0 Å². The number of rotatable bonds is 2. The van der Waals surface area contributed by atoms with Crippen LogP contribution in [0.3, 0.4) is 0 Å². The van der Waals surface area contributed by atoms with Crippen LogP contribution in [0.25, 0.3) is 10.9 Å². The molecule has 1 unspecified atom stereocenters. The van der Waals surface area contributed by atoms with Gasteiger partial charge in [-0.1, -0.05) is 30.4 Å². The van der Waals surface area contributed by atoms with Crippen molar-refractivity contribution in [2.75, 3.05) is 20.6 Å². The van der Waals surface area contributed by atoms with Crippen LogP contribution in [0.5, 0.6) is 0 Å². The number of hydrogen-bond donors (Lipinski definition) is 2. The molecule has 2 aromatic rings. The summed E-state index contributed by atoms with van der Waals surface area (Å²) in [6, 6.07) is 8.90. The number of thiol groups is 1. The van der Waals surface area contributed by atoms with E-state index in [4.69, 9.17) is 12.2 Å². The number of H-pyrrole nitrogens is 1. The zero-order valence-electron chi connectivity index (χ0n) is 11.8. The molecule has 1 aliphatic heterocycles.